The first kappa shape index (κ1) is 15.1. The lowest BCUT2D eigenvalue weighted by Crippen LogP contribution is -2.38. The molecular formula is C14H25F3N2. The Labute approximate surface area is 113 Å². The molecule has 1 saturated heterocycles. The van der Waals surface area contributed by atoms with Crippen LogP contribution in [-0.2, 0) is 0 Å². The van der Waals surface area contributed by atoms with Crippen LogP contribution in [0.15, 0.2) is 0 Å². The molecule has 0 radical (unpaired) electrons. The van der Waals surface area contributed by atoms with Gasteiger partial charge in [0, 0.05) is 6.04 Å². The van der Waals surface area contributed by atoms with E-state index in [-0.39, 0.29) is 0 Å². The van der Waals surface area contributed by atoms with E-state index in [2.05, 4.69) is 10.2 Å². The number of hydrogen-bond donors (Lipinski definition) is 1. The number of nitrogens with one attached hydrogen (secondary N) is 1. The summed E-state index contributed by atoms with van der Waals surface area (Å²) in [4.78, 5) is 2.47. The van der Waals surface area contributed by atoms with Crippen molar-refractivity contribution in [3.63, 3.8) is 0 Å². The highest BCUT2D eigenvalue weighted by Gasteiger charge is 2.41. The van der Waals surface area contributed by atoms with Crippen LogP contribution in [0.25, 0.3) is 0 Å². The molecule has 2 nitrogen and oxygen atoms in total. The van der Waals surface area contributed by atoms with E-state index < -0.39 is 12.1 Å². The first-order chi connectivity index (χ1) is 9.05. The lowest BCUT2D eigenvalue weighted by atomic mass is 9.85. The molecule has 2 rings (SSSR count). The highest BCUT2D eigenvalue weighted by Crippen LogP contribution is 2.37. The van der Waals surface area contributed by atoms with Gasteiger partial charge in [-0.25, -0.2) is 0 Å². The van der Waals surface area contributed by atoms with Gasteiger partial charge < -0.3 is 10.2 Å². The van der Waals surface area contributed by atoms with Crippen LogP contribution in [0.5, 0.6) is 0 Å². The number of halogens is 3. The van der Waals surface area contributed by atoms with Crippen LogP contribution in [0.2, 0.25) is 0 Å². The van der Waals surface area contributed by atoms with Crippen molar-refractivity contribution in [3.8, 4) is 0 Å². The Morgan fingerprint density at radius 3 is 2.21 bits per heavy atom. The Morgan fingerprint density at radius 2 is 1.63 bits per heavy atom. The molecule has 0 aromatic heterocycles. The largest absolute Gasteiger partial charge is 0.391 e. The molecule has 112 valence electrons. The van der Waals surface area contributed by atoms with Crippen molar-refractivity contribution in [1.29, 1.82) is 0 Å². The van der Waals surface area contributed by atoms with E-state index in [4.69, 9.17) is 0 Å². The molecule has 0 bridgehead atoms. The minimum absolute atomic E-state index is 0.299. The third-order valence-electron chi connectivity index (χ3n) is 4.47. The van der Waals surface area contributed by atoms with Crippen LogP contribution < -0.4 is 5.32 Å². The van der Waals surface area contributed by atoms with E-state index in [0.29, 0.717) is 31.7 Å². The quantitative estimate of drug-likeness (QED) is 0.777. The highest BCUT2D eigenvalue weighted by molar-refractivity contribution is 4.80. The predicted octanol–water partition coefficient (Wildman–Crippen LogP) is 3.18. The van der Waals surface area contributed by atoms with Gasteiger partial charge in [-0.15, -0.1) is 0 Å². The van der Waals surface area contributed by atoms with Crippen LogP contribution in [0.3, 0.4) is 0 Å². The Bertz CT molecular complexity index is 254. The summed E-state index contributed by atoms with van der Waals surface area (Å²) in [5.41, 5.74) is 0. The number of likely N-dealkylation sites (tertiary alicyclic amines) is 1. The second kappa shape index (κ2) is 6.93. The van der Waals surface area contributed by atoms with Gasteiger partial charge in [-0.2, -0.15) is 13.2 Å². The summed E-state index contributed by atoms with van der Waals surface area (Å²) in [6.07, 6.45) is 1.70. The van der Waals surface area contributed by atoms with E-state index in [1.165, 1.54) is 25.9 Å². The minimum Gasteiger partial charge on any atom is -0.314 e. The van der Waals surface area contributed by atoms with E-state index in [0.717, 1.165) is 19.5 Å². The molecule has 2 aliphatic rings. The molecule has 1 N–H and O–H groups in total. The van der Waals surface area contributed by atoms with Crippen molar-refractivity contribution < 1.29 is 13.2 Å². The zero-order chi connectivity index (χ0) is 13.7. The third kappa shape index (κ3) is 4.95. The fraction of sp³-hybridized carbons (Fsp3) is 1.00. The zero-order valence-electron chi connectivity index (χ0n) is 11.5. The Balaban J connectivity index is 1.53. The average molecular weight is 278 g/mol. The van der Waals surface area contributed by atoms with Gasteiger partial charge in [0.15, 0.2) is 0 Å². The Morgan fingerprint density at radius 1 is 1.00 bits per heavy atom. The fourth-order valence-corrected chi connectivity index (χ4v) is 3.24. The third-order valence-corrected chi connectivity index (χ3v) is 4.47. The maximum Gasteiger partial charge on any atom is 0.391 e. The smallest absolute Gasteiger partial charge is 0.314 e. The van der Waals surface area contributed by atoms with Gasteiger partial charge in [-0.3, -0.25) is 0 Å². The second-order valence-corrected chi connectivity index (χ2v) is 5.95. The molecule has 0 spiro atoms. The maximum atomic E-state index is 12.5. The van der Waals surface area contributed by atoms with Crippen LogP contribution in [0.1, 0.15) is 44.9 Å². The minimum atomic E-state index is -3.99. The monoisotopic (exact) mass is 278 g/mol. The van der Waals surface area contributed by atoms with Gasteiger partial charge in [0.1, 0.15) is 0 Å². The van der Waals surface area contributed by atoms with Crippen molar-refractivity contribution in [1.82, 2.24) is 10.2 Å². The van der Waals surface area contributed by atoms with E-state index >= 15 is 0 Å². The summed E-state index contributed by atoms with van der Waals surface area (Å²) in [6, 6.07) is 0.303. The van der Waals surface area contributed by atoms with E-state index in [1.54, 1.807) is 0 Å². The van der Waals surface area contributed by atoms with Gasteiger partial charge in [0.25, 0.3) is 0 Å². The molecule has 1 heterocycles. The van der Waals surface area contributed by atoms with Gasteiger partial charge in [0.2, 0.25) is 0 Å². The standard InChI is InChI=1S/C14H25F3N2/c15-14(16,17)12-4-6-13(7-5-12)18-8-3-11-19-9-1-2-10-19/h12-13,18H,1-11H2. The summed E-state index contributed by atoms with van der Waals surface area (Å²) >= 11 is 0. The van der Waals surface area contributed by atoms with Crippen LogP contribution in [0.4, 0.5) is 13.2 Å². The summed E-state index contributed by atoms with van der Waals surface area (Å²) < 4.78 is 37.6. The Kier molecular flexibility index (Phi) is 5.51. The van der Waals surface area contributed by atoms with Crippen molar-refractivity contribution in [2.75, 3.05) is 26.2 Å². The summed E-state index contributed by atoms with van der Waals surface area (Å²) in [7, 11) is 0. The van der Waals surface area contributed by atoms with Gasteiger partial charge in [-0.05, 0) is 71.1 Å². The lowest BCUT2D eigenvalue weighted by Gasteiger charge is -2.30. The van der Waals surface area contributed by atoms with Crippen molar-refractivity contribution in [3.05, 3.63) is 0 Å². The Hall–Kier alpha value is -0.290. The fourth-order valence-electron chi connectivity index (χ4n) is 3.24. The first-order valence-corrected chi connectivity index (χ1v) is 7.58. The first-order valence-electron chi connectivity index (χ1n) is 7.58. The molecule has 2 fully saturated rings. The molecule has 19 heavy (non-hydrogen) atoms. The second-order valence-electron chi connectivity index (χ2n) is 5.95. The molecule has 0 unspecified atom stereocenters. The molecule has 1 saturated carbocycles. The maximum absolute atomic E-state index is 12.5. The van der Waals surface area contributed by atoms with Gasteiger partial charge in [0.05, 0.1) is 5.92 Å². The van der Waals surface area contributed by atoms with Gasteiger partial charge >= 0.3 is 6.18 Å². The molecular weight excluding hydrogens is 253 g/mol. The van der Waals surface area contributed by atoms with Crippen LogP contribution in [-0.4, -0.2) is 43.3 Å². The number of hydrogen-bond acceptors (Lipinski definition) is 2. The van der Waals surface area contributed by atoms with E-state index in [9.17, 15) is 13.2 Å². The normalized spacial score (nSPS) is 29.8. The molecule has 0 aromatic carbocycles. The molecule has 1 aliphatic carbocycles. The molecule has 1 aliphatic heterocycles. The highest BCUT2D eigenvalue weighted by atomic mass is 19.4. The van der Waals surface area contributed by atoms with Gasteiger partial charge in [-0.1, -0.05) is 0 Å². The van der Waals surface area contributed by atoms with Crippen molar-refractivity contribution in [2.45, 2.75) is 57.2 Å². The average Bonchev–Trinajstić information content (AvgIpc) is 2.87. The number of nitrogens with zero attached hydrogens (tertiary/aromatic N) is 1. The number of rotatable bonds is 5. The van der Waals surface area contributed by atoms with Crippen LogP contribution >= 0.6 is 0 Å². The topological polar surface area (TPSA) is 15.3 Å². The summed E-state index contributed by atoms with van der Waals surface area (Å²) in [5.74, 6) is -1.06. The molecule has 0 amide bonds. The lowest BCUT2D eigenvalue weighted by molar-refractivity contribution is -0.182. The van der Waals surface area contributed by atoms with Crippen molar-refractivity contribution in [2.24, 2.45) is 5.92 Å². The summed E-state index contributed by atoms with van der Waals surface area (Å²) in [6.45, 7) is 4.51. The molecule has 0 aromatic rings. The zero-order valence-corrected chi connectivity index (χ0v) is 11.5. The number of alkyl halides is 3. The summed E-state index contributed by atoms with van der Waals surface area (Å²) in [5, 5.41) is 3.42. The SMILES string of the molecule is FC(F)(F)C1CCC(NCCCN2CCCC2)CC1. The van der Waals surface area contributed by atoms with Crippen molar-refractivity contribution >= 4 is 0 Å². The van der Waals surface area contributed by atoms with Crippen LogP contribution in [0, 0.1) is 5.92 Å². The van der Waals surface area contributed by atoms with E-state index in [1.807, 2.05) is 0 Å². The molecule has 0 atom stereocenters. The molecule has 5 heteroatoms. The predicted molar refractivity (Wildman–Crippen MR) is 70.1 cm³/mol.